The largest absolute Gasteiger partial charge is 0.345 e. The molecule has 1 aromatic carbocycles. The number of carbonyl (C=O) groups is 1. The highest BCUT2D eigenvalue weighted by Gasteiger charge is 2.16. The van der Waals surface area contributed by atoms with Gasteiger partial charge in [0.05, 0.1) is 6.04 Å². The van der Waals surface area contributed by atoms with Crippen molar-refractivity contribution in [3.05, 3.63) is 76.2 Å². The Morgan fingerprint density at radius 2 is 2.08 bits per heavy atom. The van der Waals surface area contributed by atoms with Crippen LogP contribution in [-0.2, 0) is 0 Å². The number of benzene rings is 1. The quantitative estimate of drug-likeness (QED) is 0.761. The van der Waals surface area contributed by atoms with Gasteiger partial charge in [-0.3, -0.25) is 14.6 Å². The first-order valence-corrected chi connectivity index (χ1v) is 7.20. The van der Waals surface area contributed by atoms with E-state index in [0.29, 0.717) is 0 Å². The summed E-state index contributed by atoms with van der Waals surface area (Å²) >= 11 is 0. The van der Waals surface area contributed by atoms with E-state index >= 15 is 0 Å². The van der Waals surface area contributed by atoms with Gasteiger partial charge in [0.15, 0.2) is 0 Å². The zero-order valence-corrected chi connectivity index (χ0v) is 12.7. The van der Waals surface area contributed by atoms with Crippen molar-refractivity contribution in [1.29, 1.82) is 0 Å². The molecule has 0 radical (unpaired) electrons. The number of carbonyl (C=O) groups excluding carboxylic acids is 1. The predicted molar refractivity (Wildman–Crippen MR) is 84.3 cm³/mol. The van der Waals surface area contributed by atoms with Gasteiger partial charge in [0, 0.05) is 18.6 Å². The van der Waals surface area contributed by atoms with Crippen LogP contribution in [-0.4, -0.2) is 25.7 Å². The Kier molecular flexibility index (Phi) is 4.19. The van der Waals surface area contributed by atoms with E-state index in [1.165, 1.54) is 23.0 Å². The number of amides is 1. The third-order valence-corrected chi connectivity index (χ3v) is 3.47. The molecule has 7 nitrogen and oxygen atoms in total. The Morgan fingerprint density at radius 1 is 1.33 bits per heavy atom. The van der Waals surface area contributed by atoms with Gasteiger partial charge >= 0.3 is 0 Å². The number of aromatic nitrogens is 4. The lowest BCUT2D eigenvalue weighted by atomic mass is 10.1. The molecule has 1 amide bonds. The first kappa shape index (κ1) is 15.6. The van der Waals surface area contributed by atoms with Crippen molar-refractivity contribution in [3.63, 3.8) is 0 Å². The number of hydrogen-bond donors (Lipinski definition) is 2. The fourth-order valence-corrected chi connectivity index (χ4v) is 2.17. The fourth-order valence-electron chi connectivity index (χ4n) is 2.17. The van der Waals surface area contributed by atoms with Crippen LogP contribution >= 0.6 is 0 Å². The second-order valence-corrected chi connectivity index (χ2v) is 5.15. The van der Waals surface area contributed by atoms with Gasteiger partial charge < -0.3 is 5.32 Å². The van der Waals surface area contributed by atoms with Gasteiger partial charge in [-0.1, -0.05) is 12.1 Å². The summed E-state index contributed by atoms with van der Waals surface area (Å²) in [4.78, 5) is 30.9. The van der Waals surface area contributed by atoms with Gasteiger partial charge in [0.2, 0.25) is 5.95 Å². The Morgan fingerprint density at radius 3 is 2.71 bits per heavy atom. The maximum Gasteiger partial charge on any atom is 0.265 e. The molecule has 2 aromatic heterocycles. The molecule has 1 unspecified atom stereocenters. The van der Waals surface area contributed by atoms with Crippen LogP contribution < -0.4 is 10.9 Å². The van der Waals surface area contributed by atoms with E-state index < -0.39 is 11.5 Å². The van der Waals surface area contributed by atoms with Crippen LogP contribution in [0.2, 0.25) is 0 Å². The number of hydrogen-bond acceptors (Lipinski definition) is 4. The maximum atomic E-state index is 12.9. The summed E-state index contributed by atoms with van der Waals surface area (Å²) in [6, 6.07) is 7.07. The number of nitrogens with zero attached hydrogens (tertiary/aromatic N) is 3. The maximum absolute atomic E-state index is 12.9. The lowest BCUT2D eigenvalue weighted by Gasteiger charge is -2.14. The molecule has 2 N–H and O–H groups in total. The van der Waals surface area contributed by atoms with E-state index in [0.717, 1.165) is 5.56 Å². The predicted octanol–water partition coefficient (Wildman–Crippen LogP) is 1.59. The van der Waals surface area contributed by atoms with Crippen molar-refractivity contribution in [1.82, 2.24) is 25.1 Å². The lowest BCUT2D eigenvalue weighted by Crippen LogP contribution is -2.32. The number of H-pyrrole nitrogens is 1. The minimum atomic E-state index is -0.570. The van der Waals surface area contributed by atoms with Crippen molar-refractivity contribution in [2.24, 2.45) is 0 Å². The van der Waals surface area contributed by atoms with Gasteiger partial charge in [-0.2, -0.15) is 5.10 Å². The molecule has 3 rings (SSSR count). The third-order valence-electron chi connectivity index (χ3n) is 3.47. The normalized spacial score (nSPS) is 11.9. The number of halogens is 1. The highest BCUT2D eigenvalue weighted by atomic mass is 19.1. The van der Waals surface area contributed by atoms with Gasteiger partial charge in [0.25, 0.3) is 11.5 Å². The molecule has 24 heavy (non-hydrogen) atoms. The third kappa shape index (κ3) is 3.22. The first-order chi connectivity index (χ1) is 11.5. The van der Waals surface area contributed by atoms with Crippen molar-refractivity contribution in [3.8, 4) is 5.95 Å². The number of nitrogens with one attached hydrogen (secondary N) is 2. The summed E-state index contributed by atoms with van der Waals surface area (Å²) < 4.78 is 14.3. The molecular weight excluding hydrogens is 313 g/mol. The van der Waals surface area contributed by atoms with E-state index in [9.17, 15) is 14.0 Å². The fraction of sp³-hybridized carbons (Fsp3) is 0.125. The van der Waals surface area contributed by atoms with E-state index in [2.05, 4.69) is 20.4 Å². The van der Waals surface area contributed by atoms with Crippen molar-refractivity contribution in [2.45, 2.75) is 13.0 Å². The second-order valence-electron chi connectivity index (χ2n) is 5.15. The molecule has 0 aliphatic rings. The molecule has 0 fully saturated rings. The minimum Gasteiger partial charge on any atom is -0.345 e. The average molecular weight is 327 g/mol. The molecule has 0 bridgehead atoms. The molecule has 8 heteroatoms. The lowest BCUT2D eigenvalue weighted by molar-refractivity contribution is 0.0938. The second kappa shape index (κ2) is 6.45. The summed E-state index contributed by atoms with van der Waals surface area (Å²) in [5.74, 6) is -0.701. The summed E-state index contributed by atoms with van der Waals surface area (Å²) in [5, 5.41) is 6.63. The zero-order valence-electron chi connectivity index (χ0n) is 12.7. The van der Waals surface area contributed by atoms with Gasteiger partial charge in [-0.25, -0.2) is 14.1 Å². The van der Waals surface area contributed by atoms with Gasteiger partial charge in [0.1, 0.15) is 11.4 Å². The van der Waals surface area contributed by atoms with Crippen LogP contribution in [0.4, 0.5) is 4.39 Å². The molecule has 1 atom stereocenters. The Bertz CT molecular complexity index is 903. The standard InChI is InChI=1S/C16H14FN5O2/c1-10(11-3-5-12(17)6-4-11)20-14(23)13-9-18-16(21-15(13)24)22-8-2-7-19-22/h2-10H,1H3,(H,20,23)(H,18,21,24). The van der Waals surface area contributed by atoms with Crippen molar-refractivity contribution >= 4 is 5.91 Å². The zero-order chi connectivity index (χ0) is 17.1. The Balaban J connectivity index is 1.77. The molecule has 0 spiro atoms. The van der Waals surface area contributed by atoms with Crippen LogP contribution in [0.15, 0.2) is 53.7 Å². The first-order valence-electron chi connectivity index (χ1n) is 7.20. The molecule has 0 saturated carbocycles. The van der Waals surface area contributed by atoms with E-state index in [1.807, 2.05) is 0 Å². The topological polar surface area (TPSA) is 92.7 Å². The van der Waals surface area contributed by atoms with Crippen LogP contribution in [0.1, 0.15) is 28.9 Å². The van der Waals surface area contributed by atoms with Crippen LogP contribution in [0.3, 0.4) is 0 Å². The molecule has 2 heterocycles. The van der Waals surface area contributed by atoms with Gasteiger partial charge in [-0.15, -0.1) is 0 Å². The summed E-state index contributed by atoms with van der Waals surface area (Å²) in [6.45, 7) is 1.74. The summed E-state index contributed by atoms with van der Waals surface area (Å²) in [5.41, 5.74) is 0.0430. The molecule has 0 aliphatic heterocycles. The van der Waals surface area contributed by atoms with Crippen LogP contribution in [0, 0.1) is 5.82 Å². The van der Waals surface area contributed by atoms with Gasteiger partial charge in [-0.05, 0) is 30.7 Å². The SMILES string of the molecule is CC(NC(=O)c1cnc(-n2cccn2)[nH]c1=O)c1ccc(F)cc1. The van der Waals surface area contributed by atoms with E-state index in [-0.39, 0.29) is 23.4 Å². The van der Waals surface area contributed by atoms with E-state index in [1.54, 1.807) is 37.5 Å². The molecule has 3 aromatic rings. The highest BCUT2D eigenvalue weighted by Crippen LogP contribution is 2.13. The average Bonchev–Trinajstić information content (AvgIpc) is 3.09. The highest BCUT2D eigenvalue weighted by molar-refractivity contribution is 5.93. The monoisotopic (exact) mass is 327 g/mol. The molecule has 0 saturated heterocycles. The summed E-state index contributed by atoms with van der Waals surface area (Å²) in [6.07, 6.45) is 4.36. The van der Waals surface area contributed by atoms with Crippen molar-refractivity contribution < 1.29 is 9.18 Å². The molecular formula is C16H14FN5O2. The van der Waals surface area contributed by atoms with E-state index in [4.69, 9.17) is 0 Å². The Labute approximate surface area is 136 Å². The van der Waals surface area contributed by atoms with Crippen molar-refractivity contribution in [2.75, 3.05) is 0 Å². The van der Waals surface area contributed by atoms with Crippen LogP contribution in [0.25, 0.3) is 5.95 Å². The summed E-state index contributed by atoms with van der Waals surface area (Å²) in [7, 11) is 0. The minimum absolute atomic E-state index is 0.111. The molecule has 0 aliphatic carbocycles. The van der Waals surface area contributed by atoms with Crippen LogP contribution in [0.5, 0.6) is 0 Å². The Hall–Kier alpha value is -3.29. The smallest absolute Gasteiger partial charge is 0.265 e. The number of rotatable bonds is 4. The molecule has 122 valence electrons. The number of aromatic amines is 1.